The van der Waals surface area contributed by atoms with Gasteiger partial charge in [-0.25, -0.2) is 0 Å². The molecule has 2 nitrogen and oxygen atoms in total. The molecule has 3 rings (SSSR count). The van der Waals surface area contributed by atoms with Crippen LogP contribution in [0.1, 0.15) is 44.1 Å². The molecule has 2 N–H and O–H groups in total. The molecule has 0 radical (unpaired) electrons. The first-order chi connectivity index (χ1) is 10.3. The van der Waals surface area contributed by atoms with Gasteiger partial charge in [0.15, 0.2) is 0 Å². The summed E-state index contributed by atoms with van der Waals surface area (Å²) in [5, 5.41) is 16.7. The maximum Gasteiger partial charge on any atom is 0.0771 e. The van der Waals surface area contributed by atoms with Crippen LogP contribution in [0.5, 0.6) is 0 Å². The minimum absolute atomic E-state index is 0.493. The van der Waals surface area contributed by atoms with Crippen LogP contribution >= 0.6 is 0 Å². The molecule has 1 saturated carbocycles. The molecule has 112 valence electrons. The first kappa shape index (κ1) is 14.6. The number of rotatable bonds is 4. The lowest BCUT2D eigenvalue weighted by Crippen LogP contribution is -2.39. The molecule has 2 aromatic carbocycles. The van der Waals surface area contributed by atoms with Crippen molar-refractivity contribution in [1.29, 1.82) is 0 Å². The second-order valence-corrected chi connectivity index (χ2v) is 6.42. The zero-order valence-corrected chi connectivity index (χ0v) is 12.6. The second-order valence-electron chi connectivity index (χ2n) is 6.42. The van der Waals surface area contributed by atoms with Crippen molar-refractivity contribution >= 4 is 10.8 Å². The van der Waals surface area contributed by atoms with Gasteiger partial charge in [0.2, 0.25) is 0 Å². The smallest absolute Gasteiger partial charge is 0.0771 e. The summed E-state index contributed by atoms with van der Waals surface area (Å²) in [6.45, 7) is 1.53. The van der Waals surface area contributed by atoms with Gasteiger partial charge in [-0.05, 0) is 35.2 Å². The molecule has 0 aliphatic heterocycles. The fourth-order valence-electron chi connectivity index (χ4n) is 3.35. The summed E-state index contributed by atoms with van der Waals surface area (Å²) in [7, 11) is 0. The molecule has 1 fully saturated rings. The van der Waals surface area contributed by atoms with Crippen LogP contribution in [0.15, 0.2) is 42.5 Å². The van der Waals surface area contributed by atoms with Crippen LogP contribution in [-0.4, -0.2) is 17.3 Å². The molecule has 0 bridgehead atoms. The van der Waals surface area contributed by atoms with Crippen molar-refractivity contribution in [3.05, 3.63) is 48.0 Å². The summed E-state index contributed by atoms with van der Waals surface area (Å²) in [5.41, 5.74) is 0.791. The Labute approximate surface area is 127 Å². The molecule has 21 heavy (non-hydrogen) atoms. The Morgan fingerprint density at radius 2 is 1.62 bits per heavy atom. The van der Waals surface area contributed by atoms with Gasteiger partial charge < -0.3 is 10.4 Å². The summed E-state index contributed by atoms with van der Waals surface area (Å²) in [5.74, 6) is 0. The minimum atomic E-state index is -0.493. The number of aliphatic hydroxyl groups is 1. The largest absolute Gasteiger partial charge is 0.389 e. The Balaban J connectivity index is 1.58. The molecule has 1 aliphatic carbocycles. The molecular formula is C19H25NO. The van der Waals surface area contributed by atoms with Crippen molar-refractivity contribution < 1.29 is 5.11 Å². The van der Waals surface area contributed by atoms with E-state index in [9.17, 15) is 5.11 Å². The maximum atomic E-state index is 10.6. The first-order valence-corrected chi connectivity index (χ1v) is 8.16. The average molecular weight is 283 g/mol. The van der Waals surface area contributed by atoms with Crippen molar-refractivity contribution in [2.24, 2.45) is 0 Å². The molecule has 0 aromatic heterocycles. The van der Waals surface area contributed by atoms with E-state index >= 15 is 0 Å². The third-order valence-corrected chi connectivity index (χ3v) is 4.63. The summed E-state index contributed by atoms with van der Waals surface area (Å²) in [6, 6.07) is 15.0. The van der Waals surface area contributed by atoms with E-state index in [1.54, 1.807) is 0 Å². The topological polar surface area (TPSA) is 32.3 Å². The number of hydrogen-bond donors (Lipinski definition) is 2. The van der Waals surface area contributed by atoms with Crippen molar-refractivity contribution in [3.63, 3.8) is 0 Å². The van der Waals surface area contributed by atoms with Gasteiger partial charge in [0.25, 0.3) is 0 Å². The van der Waals surface area contributed by atoms with E-state index in [1.165, 1.54) is 29.2 Å². The zero-order valence-electron chi connectivity index (χ0n) is 12.6. The Hall–Kier alpha value is -1.38. The lowest BCUT2D eigenvalue weighted by molar-refractivity contribution is 0.0250. The first-order valence-electron chi connectivity index (χ1n) is 8.16. The van der Waals surface area contributed by atoms with E-state index in [-0.39, 0.29) is 0 Å². The maximum absolute atomic E-state index is 10.6. The van der Waals surface area contributed by atoms with E-state index in [0.717, 1.165) is 32.2 Å². The van der Waals surface area contributed by atoms with Crippen LogP contribution in [0.25, 0.3) is 10.8 Å². The summed E-state index contributed by atoms with van der Waals surface area (Å²) in [6.07, 6.45) is 6.75. The third kappa shape index (κ3) is 3.84. The van der Waals surface area contributed by atoms with Crippen molar-refractivity contribution in [3.8, 4) is 0 Å². The van der Waals surface area contributed by atoms with Crippen LogP contribution < -0.4 is 5.32 Å². The monoisotopic (exact) mass is 283 g/mol. The van der Waals surface area contributed by atoms with E-state index in [4.69, 9.17) is 0 Å². The quantitative estimate of drug-likeness (QED) is 0.831. The lowest BCUT2D eigenvalue weighted by Gasteiger charge is -2.27. The van der Waals surface area contributed by atoms with Gasteiger partial charge in [0, 0.05) is 13.1 Å². The van der Waals surface area contributed by atoms with E-state index < -0.39 is 5.60 Å². The van der Waals surface area contributed by atoms with Crippen molar-refractivity contribution in [2.75, 3.05) is 6.54 Å². The predicted octanol–water partition coefficient (Wildman–Crippen LogP) is 4.01. The molecule has 0 heterocycles. The Kier molecular flexibility index (Phi) is 4.57. The molecule has 0 atom stereocenters. The number of benzene rings is 2. The van der Waals surface area contributed by atoms with Gasteiger partial charge in [0.05, 0.1) is 5.60 Å². The van der Waals surface area contributed by atoms with E-state index in [0.29, 0.717) is 6.54 Å². The molecular weight excluding hydrogens is 258 g/mol. The Morgan fingerprint density at radius 1 is 0.905 bits per heavy atom. The van der Waals surface area contributed by atoms with Crippen molar-refractivity contribution in [1.82, 2.24) is 5.32 Å². The van der Waals surface area contributed by atoms with E-state index in [1.807, 2.05) is 0 Å². The molecule has 2 heteroatoms. The fraction of sp³-hybridized carbons (Fsp3) is 0.474. The standard InChI is InChI=1S/C19H25NO/c21-19(11-5-1-2-6-12-19)15-20-14-16-9-10-17-7-3-4-8-18(17)13-16/h3-4,7-10,13,20-21H,1-2,5-6,11-12,14-15H2. The highest BCUT2D eigenvalue weighted by molar-refractivity contribution is 5.82. The van der Waals surface area contributed by atoms with Gasteiger partial charge in [-0.2, -0.15) is 0 Å². The molecule has 0 unspecified atom stereocenters. The van der Waals surface area contributed by atoms with Crippen LogP contribution in [-0.2, 0) is 6.54 Å². The van der Waals surface area contributed by atoms with Gasteiger partial charge >= 0.3 is 0 Å². The predicted molar refractivity (Wildman–Crippen MR) is 88.3 cm³/mol. The molecule has 0 spiro atoms. The van der Waals surface area contributed by atoms with Crippen LogP contribution in [0, 0.1) is 0 Å². The van der Waals surface area contributed by atoms with E-state index in [2.05, 4.69) is 47.8 Å². The summed E-state index contributed by atoms with van der Waals surface area (Å²) >= 11 is 0. The van der Waals surface area contributed by atoms with Crippen LogP contribution in [0.4, 0.5) is 0 Å². The second kappa shape index (κ2) is 6.59. The zero-order chi connectivity index (χ0) is 14.5. The lowest BCUT2D eigenvalue weighted by atomic mass is 9.94. The molecule has 2 aromatic rings. The van der Waals surface area contributed by atoms with Gasteiger partial charge in [-0.15, -0.1) is 0 Å². The normalized spacial score (nSPS) is 18.5. The summed E-state index contributed by atoms with van der Waals surface area (Å²) < 4.78 is 0. The number of fused-ring (bicyclic) bond motifs is 1. The highest BCUT2D eigenvalue weighted by Gasteiger charge is 2.27. The third-order valence-electron chi connectivity index (χ3n) is 4.63. The average Bonchev–Trinajstić information content (AvgIpc) is 2.72. The van der Waals surface area contributed by atoms with Crippen molar-refractivity contribution in [2.45, 2.75) is 50.7 Å². The van der Waals surface area contributed by atoms with Gasteiger partial charge in [-0.1, -0.05) is 62.1 Å². The molecule has 0 saturated heterocycles. The highest BCUT2D eigenvalue weighted by Crippen LogP contribution is 2.26. The van der Waals surface area contributed by atoms with Crippen LogP contribution in [0.2, 0.25) is 0 Å². The minimum Gasteiger partial charge on any atom is -0.389 e. The van der Waals surface area contributed by atoms with Gasteiger partial charge in [-0.3, -0.25) is 0 Å². The van der Waals surface area contributed by atoms with Gasteiger partial charge in [0.1, 0.15) is 0 Å². The molecule has 0 amide bonds. The number of hydrogen-bond acceptors (Lipinski definition) is 2. The fourth-order valence-corrected chi connectivity index (χ4v) is 3.35. The SMILES string of the molecule is OC1(CNCc2ccc3ccccc3c2)CCCCCC1. The van der Waals surface area contributed by atoms with Crippen LogP contribution in [0.3, 0.4) is 0 Å². The Morgan fingerprint density at radius 3 is 2.38 bits per heavy atom. The highest BCUT2D eigenvalue weighted by atomic mass is 16.3. The Bertz CT molecular complexity index is 585. The number of nitrogens with one attached hydrogen (secondary N) is 1. The summed E-state index contributed by atoms with van der Waals surface area (Å²) in [4.78, 5) is 0. The molecule has 1 aliphatic rings.